The van der Waals surface area contributed by atoms with Crippen LogP contribution in [0.2, 0.25) is 0 Å². The summed E-state index contributed by atoms with van der Waals surface area (Å²) in [6.07, 6.45) is 7.54. The SMILES string of the molecule is C=C(C)C(=O)Oc1cc(-c2ccc(-c3ccc(C4CCCCC4)cc3)cc2F)ccc1CCCO. The first-order chi connectivity index (χ1) is 17.0. The summed E-state index contributed by atoms with van der Waals surface area (Å²) in [5.74, 6) is 0.148. The molecule has 0 aliphatic heterocycles. The molecule has 0 atom stereocenters. The first-order valence-corrected chi connectivity index (χ1v) is 12.5. The average Bonchev–Trinajstić information content (AvgIpc) is 2.88. The van der Waals surface area contributed by atoms with Gasteiger partial charge in [0.25, 0.3) is 0 Å². The molecule has 0 amide bonds. The number of aliphatic hydroxyl groups excluding tert-OH is 1. The topological polar surface area (TPSA) is 46.5 Å². The molecule has 3 nitrogen and oxygen atoms in total. The fourth-order valence-corrected chi connectivity index (χ4v) is 4.79. The van der Waals surface area contributed by atoms with Crippen molar-refractivity contribution in [2.24, 2.45) is 0 Å². The van der Waals surface area contributed by atoms with E-state index in [1.165, 1.54) is 37.7 Å². The molecule has 0 aromatic heterocycles. The van der Waals surface area contributed by atoms with E-state index in [9.17, 15) is 9.90 Å². The molecule has 1 saturated carbocycles. The number of ether oxygens (including phenoxy) is 1. The molecule has 0 heterocycles. The third-order valence-corrected chi connectivity index (χ3v) is 6.82. The standard InChI is InChI=1S/C31H33FO3/c1-21(2)31(34)35-30-20-27(15-14-25(30)9-6-18-33)28-17-16-26(19-29(28)32)24-12-10-23(11-13-24)22-7-4-3-5-8-22/h10-17,19-20,22,33H,1,3-9,18H2,2H3. The largest absolute Gasteiger partial charge is 0.423 e. The zero-order chi connectivity index (χ0) is 24.8. The van der Waals surface area contributed by atoms with E-state index in [1.807, 2.05) is 18.2 Å². The van der Waals surface area contributed by atoms with Gasteiger partial charge < -0.3 is 9.84 Å². The summed E-state index contributed by atoms with van der Waals surface area (Å²) in [7, 11) is 0. The Labute approximate surface area is 207 Å². The lowest BCUT2D eigenvalue weighted by Gasteiger charge is -2.22. The van der Waals surface area contributed by atoms with Gasteiger partial charge in [-0.05, 0) is 78.5 Å². The number of carbonyl (C=O) groups excluding carboxylic acids is 1. The van der Waals surface area contributed by atoms with E-state index >= 15 is 4.39 Å². The lowest BCUT2D eigenvalue weighted by Crippen LogP contribution is -2.10. The second-order valence-electron chi connectivity index (χ2n) is 9.47. The summed E-state index contributed by atoms with van der Waals surface area (Å²) in [6.45, 7) is 5.25. The number of benzene rings is 3. The van der Waals surface area contributed by atoms with E-state index in [4.69, 9.17) is 4.74 Å². The predicted molar refractivity (Wildman–Crippen MR) is 139 cm³/mol. The molecule has 0 unspecified atom stereocenters. The Kier molecular flexibility index (Phi) is 8.14. The maximum absolute atomic E-state index is 15.3. The quantitative estimate of drug-likeness (QED) is 0.208. The molecule has 0 saturated heterocycles. The highest BCUT2D eigenvalue weighted by molar-refractivity contribution is 5.89. The van der Waals surface area contributed by atoms with Gasteiger partial charge in [0, 0.05) is 17.7 Å². The molecule has 3 aromatic rings. The number of rotatable bonds is 8. The highest BCUT2D eigenvalue weighted by Crippen LogP contribution is 2.35. The molecule has 1 N–H and O–H groups in total. The van der Waals surface area contributed by atoms with Gasteiger partial charge in [-0.15, -0.1) is 0 Å². The first kappa shape index (κ1) is 24.9. The minimum absolute atomic E-state index is 0.0351. The zero-order valence-corrected chi connectivity index (χ0v) is 20.4. The number of halogens is 1. The third-order valence-electron chi connectivity index (χ3n) is 6.82. The molecule has 0 bridgehead atoms. The molecule has 1 fully saturated rings. The first-order valence-electron chi connectivity index (χ1n) is 12.5. The van der Waals surface area contributed by atoms with Crippen LogP contribution in [0.3, 0.4) is 0 Å². The number of carbonyl (C=O) groups is 1. The lowest BCUT2D eigenvalue weighted by atomic mass is 9.83. The number of aryl methyl sites for hydroxylation is 1. The van der Waals surface area contributed by atoms with Crippen LogP contribution in [-0.2, 0) is 11.2 Å². The van der Waals surface area contributed by atoms with Crippen LogP contribution in [0.5, 0.6) is 5.75 Å². The van der Waals surface area contributed by atoms with Crippen LogP contribution in [-0.4, -0.2) is 17.7 Å². The van der Waals surface area contributed by atoms with E-state index in [1.54, 1.807) is 25.1 Å². The maximum atomic E-state index is 15.3. The third kappa shape index (κ3) is 6.07. The van der Waals surface area contributed by atoms with Gasteiger partial charge in [0.2, 0.25) is 0 Å². The number of aliphatic hydroxyl groups is 1. The molecule has 4 rings (SSSR count). The summed E-state index contributed by atoms with van der Waals surface area (Å²) >= 11 is 0. The number of hydrogen-bond donors (Lipinski definition) is 1. The van der Waals surface area contributed by atoms with Crippen LogP contribution < -0.4 is 4.74 Å². The van der Waals surface area contributed by atoms with Crippen LogP contribution in [0.25, 0.3) is 22.3 Å². The van der Waals surface area contributed by atoms with Gasteiger partial charge in [0.15, 0.2) is 0 Å². The van der Waals surface area contributed by atoms with Crippen LogP contribution in [0.4, 0.5) is 4.39 Å². The van der Waals surface area contributed by atoms with Crippen molar-refractivity contribution < 1.29 is 19.0 Å². The van der Waals surface area contributed by atoms with Crippen molar-refractivity contribution in [3.63, 3.8) is 0 Å². The highest BCUT2D eigenvalue weighted by atomic mass is 19.1. The Morgan fingerprint density at radius 3 is 2.31 bits per heavy atom. The van der Waals surface area contributed by atoms with Crippen LogP contribution in [0.1, 0.15) is 62.5 Å². The predicted octanol–water partition coefficient (Wildman–Crippen LogP) is 7.61. The second-order valence-corrected chi connectivity index (χ2v) is 9.47. The van der Waals surface area contributed by atoms with Gasteiger partial charge in [0.1, 0.15) is 11.6 Å². The number of hydrogen-bond acceptors (Lipinski definition) is 3. The summed E-state index contributed by atoms with van der Waals surface area (Å²) in [5.41, 5.74) is 5.33. The van der Waals surface area contributed by atoms with E-state index in [0.29, 0.717) is 35.6 Å². The fourth-order valence-electron chi connectivity index (χ4n) is 4.79. The fraction of sp³-hybridized carbons (Fsp3) is 0.323. The van der Waals surface area contributed by atoms with E-state index in [2.05, 4.69) is 30.8 Å². The van der Waals surface area contributed by atoms with Crippen molar-refractivity contribution in [2.45, 2.75) is 57.8 Å². The van der Waals surface area contributed by atoms with Gasteiger partial charge in [-0.3, -0.25) is 0 Å². The summed E-state index contributed by atoms with van der Waals surface area (Å²) in [4.78, 5) is 12.1. The molecular weight excluding hydrogens is 439 g/mol. The van der Waals surface area contributed by atoms with E-state index in [-0.39, 0.29) is 18.0 Å². The van der Waals surface area contributed by atoms with Gasteiger partial charge in [-0.2, -0.15) is 0 Å². The van der Waals surface area contributed by atoms with Crippen molar-refractivity contribution in [3.05, 3.63) is 89.8 Å². The van der Waals surface area contributed by atoms with Crippen molar-refractivity contribution in [3.8, 4) is 28.0 Å². The van der Waals surface area contributed by atoms with Crippen molar-refractivity contribution >= 4 is 5.97 Å². The van der Waals surface area contributed by atoms with Crippen molar-refractivity contribution in [1.29, 1.82) is 0 Å². The summed E-state index contributed by atoms with van der Waals surface area (Å²) in [5, 5.41) is 9.19. The Balaban J connectivity index is 1.58. The zero-order valence-electron chi connectivity index (χ0n) is 20.4. The Hall–Kier alpha value is -3.24. The second kappa shape index (κ2) is 11.5. The van der Waals surface area contributed by atoms with Gasteiger partial charge in [-0.25, -0.2) is 9.18 Å². The Morgan fingerprint density at radius 2 is 1.66 bits per heavy atom. The highest BCUT2D eigenvalue weighted by Gasteiger charge is 2.16. The van der Waals surface area contributed by atoms with E-state index < -0.39 is 5.97 Å². The summed E-state index contributed by atoms with van der Waals surface area (Å²) < 4.78 is 20.8. The molecule has 0 spiro atoms. The lowest BCUT2D eigenvalue weighted by molar-refractivity contribution is -0.130. The minimum Gasteiger partial charge on any atom is -0.423 e. The maximum Gasteiger partial charge on any atom is 0.338 e. The van der Waals surface area contributed by atoms with Crippen LogP contribution in [0, 0.1) is 5.82 Å². The molecule has 1 aliphatic rings. The molecular formula is C31H33FO3. The van der Waals surface area contributed by atoms with Crippen molar-refractivity contribution in [1.82, 2.24) is 0 Å². The monoisotopic (exact) mass is 472 g/mol. The van der Waals surface area contributed by atoms with Gasteiger partial charge in [-0.1, -0.05) is 74.4 Å². The molecule has 0 radical (unpaired) electrons. The van der Waals surface area contributed by atoms with Gasteiger partial charge in [0.05, 0.1) is 0 Å². The van der Waals surface area contributed by atoms with Gasteiger partial charge >= 0.3 is 5.97 Å². The number of esters is 1. The van der Waals surface area contributed by atoms with E-state index in [0.717, 1.165) is 16.7 Å². The van der Waals surface area contributed by atoms with Crippen LogP contribution >= 0.6 is 0 Å². The summed E-state index contributed by atoms with van der Waals surface area (Å²) in [6, 6.07) is 19.1. The smallest absolute Gasteiger partial charge is 0.338 e. The molecule has 4 heteroatoms. The van der Waals surface area contributed by atoms with Crippen LogP contribution in [0.15, 0.2) is 72.8 Å². The van der Waals surface area contributed by atoms with Crippen molar-refractivity contribution in [2.75, 3.05) is 6.61 Å². The molecule has 3 aromatic carbocycles. The normalized spacial score (nSPS) is 14.0. The Morgan fingerprint density at radius 1 is 0.971 bits per heavy atom. The average molecular weight is 473 g/mol. The Bertz CT molecular complexity index is 1190. The molecule has 1 aliphatic carbocycles. The minimum atomic E-state index is -0.528. The molecule has 182 valence electrons. The molecule has 35 heavy (non-hydrogen) atoms.